The average Bonchev–Trinajstić information content (AvgIpc) is 2.99. The monoisotopic (exact) mass is 337 g/mol. The lowest BCUT2D eigenvalue weighted by molar-refractivity contribution is -0.120. The molecule has 1 aromatic rings. The summed E-state index contributed by atoms with van der Waals surface area (Å²) in [4.78, 5) is 17.2. The SMILES string of the molecule is CCCN(CC(=O)N1CCc2ccccc21)C1CCNCC1.Cl. The topological polar surface area (TPSA) is 35.6 Å². The molecule has 0 aromatic heterocycles. The van der Waals surface area contributed by atoms with Gasteiger partial charge in [0.2, 0.25) is 5.91 Å². The van der Waals surface area contributed by atoms with E-state index >= 15 is 0 Å². The zero-order valence-corrected chi connectivity index (χ0v) is 14.8. The Hall–Kier alpha value is -1.10. The Labute approximate surface area is 145 Å². The second-order valence-corrected chi connectivity index (χ2v) is 6.38. The molecule has 0 spiro atoms. The Bertz CT molecular complexity index is 517. The Kier molecular flexibility index (Phi) is 6.88. The molecule has 0 radical (unpaired) electrons. The number of fused-ring (bicyclic) bond motifs is 1. The number of hydrogen-bond donors (Lipinski definition) is 1. The van der Waals surface area contributed by atoms with Crippen LogP contribution in [0.15, 0.2) is 24.3 Å². The zero-order valence-electron chi connectivity index (χ0n) is 14.0. The highest BCUT2D eigenvalue weighted by molar-refractivity contribution is 5.96. The van der Waals surface area contributed by atoms with Crippen molar-refractivity contribution in [1.29, 1.82) is 0 Å². The molecule has 2 heterocycles. The molecule has 5 heteroatoms. The second kappa shape index (κ2) is 8.67. The number of nitrogens with zero attached hydrogens (tertiary/aromatic N) is 2. The van der Waals surface area contributed by atoms with Crippen LogP contribution in [0.5, 0.6) is 0 Å². The van der Waals surface area contributed by atoms with Crippen LogP contribution < -0.4 is 10.2 Å². The summed E-state index contributed by atoms with van der Waals surface area (Å²) < 4.78 is 0. The van der Waals surface area contributed by atoms with Crippen molar-refractivity contribution in [3.8, 4) is 0 Å². The van der Waals surface area contributed by atoms with E-state index in [2.05, 4.69) is 35.3 Å². The highest BCUT2D eigenvalue weighted by Gasteiger charge is 2.28. The van der Waals surface area contributed by atoms with Gasteiger partial charge in [-0.1, -0.05) is 25.1 Å². The molecular weight excluding hydrogens is 310 g/mol. The first kappa shape index (κ1) is 18.2. The van der Waals surface area contributed by atoms with Gasteiger partial charge >= 0.3 is 0 Å². The average molecular weight is 338 g/mol. The number of rotatable bonds is 5. The third-order valence-corrected chi connectivity index (χ3v) is 4.86. The second-order valence-electron chi connectivity index (χ2n) is 6.38. The third-order valence-electron chi connectivity index (χ3n) is 4.86. The summed E-state index contributed by atoms with van der Waals surface area (Å²) >= 11 is 0. The summed E-state index contributed by atoms with van der Waals surface area (Å²) in [7, 11) is 0. The van der Waals surface area contributed by atoms with Crippen LogP contribution >= 0.6 is 12.4 Å². The quantitative estimate of drug-likeness (QED) is 0.896. The van der Waals surface area contributed by atoms with Crippen LogP contribution in [0.25, 0.3) is 0 Å². The molecule has 1 amide bonds. The number of para-hydroxylation sites is 1. The van der Waals surface area contributed by atoms with E-state index in [0.29, 0.717) is 12.6 Å². The standard InChI is InChI=1S/C18H27N3O.ClH/c1-2-12-20(16-7-10-19-11-8-16)14-18(22)21-13-9-15-5-3-4-6-17(15)21;/h3-6,16,19H,2,7-14H2,1H3;1H. The first-order valence-electron chi connectivity index (χ1n) is 8.62. The molecule has 3 rings (SSSR count). The predicted octanol–water partition coefficient (Wildman–Crippen LogP) is 2.46. The largest absolute Gasteiger partial charge is 0.317 e. The molecule has 1 fully saturated rings. The van der Waals surface area contributed by atoms with Gasteiger partial charge in [0.15, 0.2) is 0 Å². The van der Waals surface area contributed by atoms with Crippen LogP contribution in [0.3, 0.4) is 0 Å². The zero-order chi connectivity index (χ0) is 15.4. The lowest BCUT2D eigenvalue weighted by atomic mass is 10.0. The van der Waals surface area contributed by atoms with E-state index in [1.807, 2.05) is 11.0 Å². The van der Waals surface area contributed by atoms with E-state index in [4.69, 9.17) is 0 Å². The molecule has 1 N–H and O–H groups in total. The number of benzene rings is 1. The predicted molar refractivity (Wildman–Crippen MR) is 97.5 cm³/mol. The minimum absolute atomic E-state index is 0. The molecule has 0 unspecified atom stereocenters. The minimum atomic E-state index is 0. The summed E-state index contributed by atoms with van der Waals surface area (Å²) in [6.45, 7) is 6.77. The van der Waals surface area contributed by atoms with E-state index in [0.717, 1.165) is 57.5 Å². The van der Waals surface area contributed by atoms with Gasteiger partial charge in [-0.3, -0.25) is 9.69 Å². The summed E-state index contributed by atoms with van der Waals surface area (Å²) in [5, 5.41) is 3.41. The minimum Gasteiger partial charge on any atom is -0.317 e. The number of piperidine rings is 1. The summed E-state index contributed by atoms with van der Waals surface area (Å²) in [5.74, 6) is 0.261. The van der Waals surface area contributed by atoms with Crippen LogP contribution in [0, 0.1) is 0 Å². The van der Waals surface area contributed by atoms with Gasteiger partial charge in [-0.15, -0.1) is 12.4 Å². The number of hydrogen-bond acceptors (Lipinski definition) is 3. The number of halogens is 1. The van der Waals surface area contributed by atoms with Gasteiger partial charge < -0.3 is 10.2 Å². The smallest absolute Gasteiger partial charge is 0.241 e. The first-order valence-corrected chi connectivity index (χ1v) is 8.62. The molecule has 0 aliphatic carbocycles. The molecule has 0 atom stereocenters. The highest BCUT2D eigenvalue weighted by atomic mass is 35.5. The molecular formula is C18H28ClN3O. The van der Waals surface area contributed by atoms with Crippen molar-refractivity contribution in [2.24, 2.45) is 0 Å². The number of nitrogens with one attached hydrogen (secondary N) is 1. The lowest BCUT2D eigenvalue weighted by Gasteiger charge is -2.35. The normalized spacial score (nSPS) is 17.9. The van der Waals surface area contributed by atoms with Crippen molar-refractivity contribution in [1.82, 2.24) is 10.2 Å². The van der Waals surface area contributed by atoms with E-state index in [1.54, 1.807) is 0 Å². The Morgan fingerprint density at radius 1 is 1.30 bits per heavy atom. The van der Waals surface area contributed by atoms with Crippen LogP contribution in [-0.4, -0.2) is 49.6 Å². The van der Waals surface area contributed by atoms with Gasteiger partial charge in [-0.05, 0) is 56.9 Å². The first-order chi connectivity index (χ1) is 10.8. The molecule has 2 aliphatic heterocycles. The molecule has 4 nitrogen and oxygen atoms in total. The maximum Gasteiger partial charge on any atom is 0.241 e. The highest BCUT2D eigenvalue weighted by Crippen LogP contribution is 2.27. The third kappa shape index (κ3) is 4.25. The van der Waals surface area contributed by atoms with Crippen molar-refractivity contribution in [3.05, 3.63) is 29.8 Å². The van der Waals surface area contributed by atoms with E-state index in [9.17, 15) is 4.79 Å². The van der Waals surface area contributed by atoms with Crippen LogP contribution in [0.4, 0.5) is 5.69 Å². The fraction of sp³-hybridized carbons (Fsp3) is 0.611. The van der Waals surface area contributed by atoms with Gasteiger partial charge in [0.25, 0.3) is 0 Å². The maximum atomic E-state index is 12.8. The molecule has 0 bridgehead atoms. The van der Waals surface area contributed by atoms with E-state index < -0.39 is 0 Å². The molecule has 128 valence electrons. The van der Waals surface area contributed by atoms with Gasteiger partial charge in [0.1, 0.15) is 0 Å². The van der Waals surface area contributed by atoms with Gasteiger partial charge in [-0.25, -0.2) is 0 Å². The Balaban J connectivity index is 0.00000192. The van der Waals surface area contributed by atoms with Crippen molar-refractivity contribution in [3.63, 3.8) is 0 Å². The lowest BCUT2D eigenvalue weighted by Crippen LogP contribution is -2.48. The molecule has 0 saturated carbocycles. The van der Waals surface area contributed by atoms with E-state index in [1.165, 1.54) is 5.56 Å². The van der Waals surface area contributed by atoms with Crippen molar-refractivity contribution < 1.29 is 4.79 Å². The molecule has 23 heavy (non-hydrogen) atoms. The van der Waals surface area contributed by atoms with Crippen LogP contribution in [0.2, 0.25) is 0 Å². The van der Waals surface area contributed by atoms with Gasteiger partial charge in [0, 0.05) is 18.3 Å². The molecule has 1 saturated heterocycles. The number of anilines is 1. The van der Waals surface area contributed by atoms with E-state index in [-0.39, 0.29) is 18.3 Å². The van der Waals surface area contributed by atoms with Crippen LogP contribution in [0.1, 0.15) is 31.7 Å². The Morgan fingerprint density at radius 2 is 2.04 bits per heavy atom. The number of carbonyl (C=O) groups is 1. The maximum absolute atomic E-state index is 12.8. The van der Waals surface area contributed by atoms with Crippen molar-refractivity contribution in [2.75, 3.05) is 37.6 Å². The van der Waals surface area contributed by atoms with Crippen molar-refractivity contribution >= 4 is 24.0 Å². The van der Waals surface area contributed by atoms with Crippen LogP contribution in [-0.2, 0) is 11.2 Å². The fourth-order valence-corrected chi connectivity index (χ4v) is 3.71. The summed E-state index contributed by atoms with van der Waals surface area (Å²) in [5.41, 5.74) is 2.43. The molecule has 2 aliphatic rings. The number of carbonyl (C=O) groups excluding carboxylic acids is 1. The number of amides is 1. The van der Waals surface area contributed by atoms with Crippen molar-refractivity contribution in [2.45, 2.75) is 38.6 Å². The summed E-state index contributed by atoms with van der Waals surface area (Å²) in [6, 6.07) is 8.86. The summed E-state index contributed by atoms with van der Waals surface area (Å²) in [6.07, 6.45) is 4.41. The van der Waals surface area contributed by atoms with Gasteiger partial charge in [0.05, 0.1) is 6.54 Å². The molecule has 1 aromatic carbocycles. The Morgan fingerprint density at radius 3 is 2.78 bits per heavy atom. The van der Waals surface area contributed by atoms with Gasteiger partial charge in [-0.2, -0.15) is 0 Å². The fourth-order valence-electron chi connectivity index (χ4n) is 3.71.